The van der Waals surface area contributed by atoms with Crippen molar-refractivity contribution in [2.75, 3.05) is 11.9 Å². The summed E-state index contributed by atoms with van der Waals surface area (Å²) in [7, 11) is 0. The lowest BCUT2D eigenvalue weighted by Gasteiger charge is -2.12. The highest BCUT2D eigenvalue weighted by Gasteiger charge is 2.14. The molecule has 0 saturated carbocycles. The molecule has 0 aliphatic rings. The van der Waals surface area contributed by atoms with Gasteiger partial charge in [0.1, 0.15) is 0 Å². The number of rotatable bonds is 8. The number of carbonyl (C=O) groups is 1. The number of benzene rings is 1. The molecule has 0 atom stereocenters. The lowest BCUT2D eigenvalue weighted by Crippen LogP contribution is -2.07. The highest BCUT2D eigenvalue weighted by Crippen LogP contribution is 2.30. The average molecular weight is 339 g/mol. The lowest BCUT2D eigenvalue weighted by molar-refractivity contribution is -0.0515. The van der Waals surface area contributed by atoms with Gasteiger partial charge in [-0.25, -0.2) is 4.79 Å². The van der Waals surface area contributed by atoms with Crippen molar-refractivity contribution in [1.29, 1.82) is 0 Å². The predicted molar refractivity (Wildman–Crippen MR) is 68.6 cm³/mol. The molecule has 4 nitrogen and oxygen atoms in total. The molecule has 1 aromatic rings. The number of ether oxygens (including phenoxy) is 2. The van der Waals surface area contributed by atoms with Crippen LogP contribution in [0.15, 0.2) is 18.2 Å². The minimum Gasteiger partial charge on any atom is -0.490 e. The summed E-state index contributed by atoms with van der Waals surface area (Å²) in [6, 6.07) is 3.52. The Morgan fingerprint density at radius 3 is 2.63 bits per heavy atom. The first-order chi connectivity index (χ1) is 9.04. The zero-order valence-corrected chi connectivity index (χ0v) is 11.5. The van der Waals surface area contributed by atoms with Gasteiger partial charge in [-0.05, 0) is 31.0 Å². The first kappa shape index (κ1) is 15.7. The predicted octanol–water partition coefficient (Wildman–Crippen LogP) is 3.54. The Balaban J connectivity index is 2.81. The van der Waals surface area contributed by atoms with Crippen molar-refractivity contribution in [1.82, 2.24) is 0 Å². The number of carboxylic acid groups (broad SMARTS) is 1. The van der Waals surface area contributed by atoms with E-state index in [-0.39, 0.29) is 17.1 Å². The van der Waals surface area contributed by atoms with E-state index in [9.17, 15) is 13.6 Å². The van der Waals surface area contributed by atoms with Crippen LogP contribution in [0, 0.1) is 0 Å². The molecular formula is C12H13BrF2O4. The van der Waals surface area contributed by atoms with Crippen LogP contribution in [0.3, 0.4) is 0 Å². The molecule has 0 spiro atoms. The van der Waals surface area contributed by atoms with E-state index < -0.39 is 12.6 Å². The molecule has 0 aliphatic carbocycles. The quantitative estimate of drug-likeness (QED) is 0.581. The number of unbranched alkanes of at least 4 members (excludes halogenated alkanes) is 1. The number of alkyl halides is 3. The molecule has 0 aromatic heterocycles. The third kappa shape index (κ3) is 5.42. The van der Waals surface area contributed by atoms with Crippen LogP contribution < -0.4 is 9.47 Å². The van der Waals surface area contributed by atoms with Gasteiger partial charge in [-0.1, -0.05) is 15.9 Å². The van der Waals surface area contributed by atoms with Crippen LogP contribution in [0.2, 0.25) is 0 Å². The van der Waals surface area contributed by atoms with Gasteiger partial charge in [0.2, 0.25) is 0 Å². The number of hydrogen-bond acceptors (Lipinski definition) is 3. The zero-order valence-electron chi connectivity index (χ0n) is 9.94. The molecule has 0 radical (unpaired) electrons. The van der Waals surface area contributed by atoms with Crippen LogP contribution in [0.25, 0.3) is 0 Å². The Morgan fingerprint density at radius 2 is 2.05 bits per heavy atom. The number of aromatic carboxylic acids is 1. The second kappa shape index (κ2) is 7.93. The van der Waals surface area contributed by atoms with Crippen LogP contribution in [-0.4, -0.2) is 29.6 Å². The molecule has 0 saturated heterocycles. The first-order valence-electron chi connectivity index (χ1n) is 5.55. The molecule has 0 heterocycles. The van der Waals surface area contributed by atoms with E-state index in [1.165, 1.54) is 12.1 Å². The first-order valence-corrected chi connectivity index (χ1v) is 6.67. The third-order valence-electron chi connectivity index (χ3n) is 2.19. The molecule has 1 N–H and O–H groups in total. The van der Waals surface area contributed by atoms with E-state index in [1.54, 1.807) is 0 Å². The second-order valence-corrected chi connectivity index (χ2v) is 4.38. The van der Waals surface area contributed by atoms with Crippen LogP contribution in [0.4, 0.5) is 8.78 Å². The maximum Gasteiger partial charge on any atom is 0.387 e. The minimum atomic E-state index is -2.99. The van der Waals surface area contributed by atoms with Gasteiger partial charge in [0.15, 0.2) is 11.5 Å². The SMILES string of the molecule is O=C(O)c1ccc(OC(F)F)c(OCCCCBr)c1. The van der Waals surface area contributed by atoms with Crippen LogP contribution in [0.1, 0.15) is 23.2 Å². The van der Waals surface area contributed by atoms with Gasteiger partial charge in [-0.15, -0.1) is 0 Å². The molecule has 0 bridgehead atoms. The van der Waals surface area contributed by atoms with Gasteiger partial charge in [-0.2, -0.15) is 8.78 Å². The van der Waals surface area contributed by atoms with Crippen LogP contribution in [-0.2, 0) is 0 Å². The standard InChI is InChI=1S/C12H13BrF2O4/c13-5-1-2-6-18-10-7-8(11(16)17)3-4-9(10)19-12(14)15/h3-4,7,12H,1-2,5-6H2,(H,16,17). The third-order valence-corrected chi connectivity index (χ3v) is 2.75. The van der Waals surface area contributed by atoms with E-state index in [0.29, 0.717) is 6.61 Å². The Bertz CT molecular complexity index is 426. The van der Waals surface area contributed by atoms with E-state index in [4.69, 9.17) is 9.84 Å². The summed E-state index contributed by atoms with van der Waals surface area (Å²) in [5.74, 6) is -1.32. The largest absolute Gasteiger partial charge is 0.490 e. The normalized spacial score (nSPS) is 10.5. The van der Waals surface area contributed by atoms with Gasteiger partial charge >= 0.3 is 12.6 Å². The van der Waals surface area contributed by atoms with E-state index >= 15 is 0 Å². The van der Waals surface area contributed by atoms with Crippen LogP contribution in [0.5, 0.6) is 11.5 Å². The van der Waals surface area contributed by atoms with E-state index in [0.717, 1.165) is 24.2 Å². The molecule has 0 fully saturated rings. The van der Waals surface area contributed by atoms with E-state index in [1.807, 2.05) is 0 Å². The van der Waals surface area contributed by atoms with Gasteiger partial charge in [0.25, 0.3) is 0 Å². The molecule has 0 amide bonds. The summed E-state index contributed by atoms with van der Waals surface area (Å²) in [5, 5.41) is 9.65. The fourth-order valence-electron chi connectivity index (χ4n) is 1.33. The highest BCUT2D eigenvalue weighted by atomic mass is 79.9. The van der Waals surface area contributed by atoms with Crippen LogP contribution >= 0.6 is 15.9 Å². The number of hydrogen-bond donors (Lipinski definition) is 1. The topological polar surface area (TPSA) is 55.8 Å². The molecule has 1 aromatic carbocycles. The van der Waals surface area contributed by atoms with Crippen molar-refractivity contribution in [3.63, 3.8) is 0 Å². The van der Waals surface area contributed by atoms with Gasteiger partial charge < -0.3 is 14.6 Å². The number of halogens is 3. The molecule has 106 valence electrons. The Kier molecular flexibility index (Phi) is 6.55. The monoisotopic (exact) mass is 338 g/mol. The van der Waals surface area contributed by atoms with Crippen molar-refractivity contribution < 1.29 is 28.2 Å². The van der Waals surface area contributed by atoms with Crippen molar-refractivity contribution in [3.8, 4) is 11.5 Å². The Hall–Kier alpha value is -1.37. The fourth-order valence-corrected chi connectivity index (χ4v) is 1.72. The summed E-state index contributed by atoms with van der Waals surface area (Å²) in [6.45, 7) is -2.69. The molecule has 7 heteroatoms. The van der Waals surface area contributed by atoms with Gasteiger partial charge in [0, 0.05) is 5.33 Å². The molecule has 19 heavy (non-hydrogen) atoms. The molecule has 0 aliphatic heterocycles. The number of carboxylic acids is 1. The summed E-state index contributed by atoms with van der Waals surface area (Å²) < 4.78 is 34.0. The van der Waals surface area contributed by atoms with Gasteiger partial charge in [-0.3, -0.25) is 0 Å². The average Bonchev–Trinajstić information content (AvgIpc) is 2.35. The van der Waals surface area contributed by atoms with E-state index in [2.05, 4.69) is 20.7 Å². The highest BCUT2D eigenvalue weighted by molar-refractivity contribution is 9.09. The fraction of sp³-hybridized carbons (Fsp3) is 0.417. The summed E-state index contributed by atoms with van der Waals surface area (Å²) in [5.41, 5.74) is -0.0443. The molecular weight excluding hydrogens is 326 g/mol. The zero-order chi connectivity index (χ0) is 14.3. The maximum atomic E-state index is 12.2. The van der Waals surface area contributed by atoms with Crippen molar-refractivity contribution >= 4 is 21.9 Å². The minimum absolute atomic E-state index is 0.00905. The summed E-state index contributed by atoms with van der Waals surface area (Å²) >= 11 is 3.26. The van der Waals surface area contributed by atoms with Gasteiger partial charge in [0.05, 0.1) is 12.2 Å². The Morgan fingerprint density at radius 1 is 1.32 bits per heavy atom. The summed E-state index contributed by atoms with van der Waals surface area (Å²) in [6.07, 6.45) is 1.58. The van der Waals surface area contributed by atoms with Crippen molar-refractivity contribution in [3.05, 3.63) is 23.8 Å². The maximum absolute atomic E-state index is 12.2. The summed E-state index contributed by atoms with van der Waals surface area (Å²) in [4.78, 5) is 10.8. The molecule has 1 rings (SSSR count). The molecule has 0 unspecified atom stereocenters. The van der Waals surface area contributed by atoms with Crippen molar-refractivity contribution in [2.24, 2.45) is 0 Å². The Labute approximate surface area is 117 Å². The second-order valence-electron chi connectivity index (χ2n) is 3.59. The smallest absolute Gasteiger partial charge is 0.387 e. The van der Waals surface area contributed by atoms with Crippen molar-refractivity contribution in [2.45, 2.75) is 19.5 Å². The lowest BCUT2D eigenvalue weighted by atomic mass is 10.2.